The molecule has 1 aromatic rings. The van der Waals surface area contributed by atoms with Gasteiger partial charge < -0.3 is 5.32 Å². The van der Waals surface area contributed by atoms with Crippen LogP contribution in [-0.4, -0.2) is 29.9 Å². The molecule has 1 aliphatic rings. The molecule has 116 valence electrons. The monoisotopic (exact) mass is 288 g/mol. The van der Waals surface area contributed by atoms with Crippen molar-refractivity contribution in [3.05, 3.63) is 28.8 Å². The van der Waals surface area contributed by atoms with E-state index < -0.39 is 0 Å². The molecule has 1 atom stereocenters. The summed E-state index contributed by atoms with van der Waals surface area (Å²) in [5.41, 5.74) is 4.52. The Labute approximate surface area is 128 Å². The number of benzene rings is 1. The summed E-state index contributed by atoms with van der Waals surface area (Å²) in [6, 6.07) is 4.29. The van der Waals surface area contributed by atoms with Crippen LogP contribution in [0.15, 0.2) is 12.1 Å². The van der Waals surface area contributed by atoms with Crippen LogP contribution in [0.25, 0.3) is 0 Å². The predicted molar refractivity (Wildman–Crippen MR) is 88.7 cm³/mol. The third-order valence-corrected chi connectivity index (χ3v) is 4.19. The van der Waals surface area contributed by atoms with Gasteiger partial charge in [0.15, 0.2) is 0 Å². The minimum Gasteiger partial charge on any atom is -0.324 e. The van der Waals surface area contributed by atoms with Gasteiger partial charge in [-0.05, 0) is 57.2 Å². The molecular weight excluding hydrogens is 260 g/mol. The van der Waals surface area contributed by atoms with Gasteiger partial charge in [0.05, 0.1) is 6.04 Å². The first kappa shape index (κ1) is 16.0. The van der Waals surface area contributed by atoms with E-state index in [1.54, 1.807) is 0 Å². The number of carbonyl (C=O) groups excluding carboxylic acids is 1. The summed E-state index contributed by atoms with van der Waals surface area (Å²) in [5.74, 6) is 0.754. The Kier molecular flexibility index (Phi) is 5.04. The highest BCUT2D eigenvalue weighted by molar-refractivity contribution is 5.96. The highest BCUT2D eigenvalue weighted by Gasteiger charge is 2.31. The molecule has 1 heterocycles. The fraction of sp³-hybridized carbons (Fsp3) is 0.611. The van der Waals surface area contributed by atoms with Crippen LogP contribution in [0.5, 0.6) is 0 Å². The van der Waals surface area contributed by atoms with Crippen molar-refractivity contribution in [2.45, 2.75) is 53.5 Å². The molecule has 1 saturated heterocycles. The van der Waals surface area contributed by atoms with Gasteiger partial charge in [-0.15, -0.1) is 0 Å². The number of aryl methyl sites for hydroxylation is 3. The molecule has 1 aliphatic heterocycles. The number of rotatable bonds is 4. The van der Waals surface area contributed by atoms with E-state index in [-0.39, 0.29) is 11.9 Å². The maximum Gasteiger partial charge on any atom is 0.241 e. The number of hydrogen-bond acceptors (Lipinski definition) is 2. The third kappa shape index (κ3) is 3.85. The third-order valence-electron chi connectivity index (χ3n) is 4.19. The standard InChI is InChI=1S/C18H28N2O/c1-12(2)11-20-8-6-7-16(20)18(21)19-17-14(4)9-13(3)10-15(17)5/h9-10,12,16H,6-8,11H2,1-5H3,(H,19,21)/t16-/m0/s1. The van der Waals surface area contributed by atoms with Gasteiger partial charge in [-0.3, -0.25) is 9.69 Å². The normalized spacial score (nSPS) is 19.2. The molecule has 0 bridgehead atoms. The largest absolute Gasteiger partial charge is 0.324 e. The summed E-state index contributed by atoms with van der Waals surface area (Å²) >= 11 is 0. The average Bonchev–Trinajstić information content (AvgIpc) is 2.80. The van der Waals surface area contributed by atoms with Crippen molar-refractivity contribution in [1.29, 1.82) is 0 Å². The SMILES string of the molecule is Cc1cc(C)c(NC(=O)[C@@H]2CCCN2CC(C)C)c(C)c1. The Balaban J connectivity index is 2.11. The Morgan fingerprint density at radius 1 is 1.29 bits per heavy atom. The lowest BCUT2D eigenvalue weighted by atomic mass is 10.0. The first-order valence-electron chi connectivity index (χ1n) is 8.01. The summed E-state index contributed by atoms with van der Waals surface area (Å²) in [4.78, 5) is 15.0. The Bertz CT molecular complexity index is 499. The Morgan fingerprint density at radius 2 is 1.90 bits per heavy atom. The zero-order valence-electron chi connectivity index (χ0n) is 14.0. The molecule has 3 nitrogen and oxygen atoms in total. The molecule has 1 fully saturated rings. The second-order valence-corrected chi connectivity index (χ2v) is 6.81. The van der Waals surface area contributed by atoms with Gasteiger partial charge in [0, 0.05) is 12.2 Å². The lowest BCUT2D eigenvalue weighted by Gasteiger charge is -2.26. The number of nitrogens with one attached hydrogen (secondary N) is 1. The summed E-state index contributed by atoms with van der Waals surface area (Å²) in [6.07, 6.45) is 2.10. The molecule has 2 rings (SSSR count). The van der Waals surface area contributed by atoms with Crippen LogP contribution in [0.1, 0.15) is 43.4 Å². The maximum atomic E-state index is 12.6. The number of hydrogen-bond donors (Lipinski definition) is 1. The highest BCUT2D eigenvalue weighted by atomic mass is 16.2. The zero-order chi connectivity index (χ0) is 15.6. The van der Waals surface area contributed by atoms with Crippen LogP contribution >= 0.6 is 0 Å². The molecule has 0 aromatic heterocycles. The van der Waals surface area contributed by atoms with E-state index in [9.17, 15) is 4.79 Å². The molecule has 21 heavy (non-hydrogen) atoms. The van der Waals surface area contributed by atoms with E-state index in [1.165, 1.54) is 5.56 Å². The van der Waals surface area contributed by atoms with Crippen LogP contribution in [0.2, 0.25) is 0 Å². The fourth-order valence-corrected chi connectivity index (χ4v) is 3.39. The topological polar surface area (TPSA) is 32.3 Å². The van der Waals surface area contributed by atoms with Crippen molar-refractivity contribution in [1.82, 2.24) is 4.90 Å². The lowest BCUT2D eigenvalue weighted by Crippen LogP contribution is -2.41. The van der Waals surface area contributed by atoms with Crippen molar-refractivity contribution < 1.29 is 4.79 Å². The number of anilines is 1. The van der Waals surface area contributed by atoms with Crippen LogP contribution in [0.3, 0.4) is 0 Å². The van der Waals surface area contributed by atoms with Crippen LogP contribution < -0.4 is 5.32 Å². The molecule has 0 saturated carbocycles. The van der Waals surface area contributed by atoms with E-state index in [1.807, 2.05) is 0 Å². The zero-order valence-corrected chi connectivity index (χ0v) is 14.0. The van der Waals surface area contributed by atoms with Gasteiger partial charge in [0.1, 0.15) is 0 Å². The highest BCUT2D eigenvalue weighted by Crippen LogP contribution is 2.25. The summed E-state index contributed by atoms with van der Waals surface area (Å²) in [6.45, 7) is 12.7. The fourth-order valence-electron chi connectivity index (χ4n) is 3.39. The van der Waals surface area contributed by atoms with Gasteiger partial charge in [-0.25, -0.2) is 0 Å². The van der Waals surface area contributed by atoms with E-state index in [4.69, 9.17) is 0 Å². The van der Waals surface area contributed by atoms with Crippen LogP contribution in [-0.2, 0) is 4.79 Å². The second-order valence-electron chi connectivity index (χ2n) is 6.81. The van der Waals surface area contributed by atoms with Gasteiger partial charge in [0.25, 0.3) is 0 Å². The lowest BCUT2D eigenvalue weighted by molar-refractivity contribution is -0.120. The van der Waals surface area contributed by atoms with Crippen molar-refractivity contribution in [3.63, 3.8) is 0 Å². The van der Waals surface area contributed by atoms with Gasteiger partial charge in [0.2, 0.25) is 5.91 Å². The van der Waals surface area contributed by atoms with Crippen molar-refractivity contribution in [3.8, 4) is 0 Å². The van der Waals surface area contributed by atoms with Gasteiger partial charge in [-0.2, -0.15) is 0 Å². The van der Waals surface area contributed by atoms with E-state index in [2.05, 4.69) is 57.0 Å². The Hall–Kier alpha value is -1.35. The molecule has 0 unspecified atom stereocenters. The number of carbonyl (C=O) groups is 1. The first-order chi connectivity index (χ1) is 9.88. The summed E-state index contributed by atoms with van der Waals surface area (Å²) in [5, 5.41) is 3.17. The molecule has 0 aliphatic carbocycles. The molecule has 3 heteroatoms. The van der Waals surface area contributed by atoms with Crippen LogP contribution in [0.4, 0.5) is 5.69 Å². The molecule has 1 amide bonds. The summed E-state index contributed by atoms with van der Waals surface area (Å²) < 4.78 is 0. The average molecular weight is 288 g/mol. The minimum atomic E-state index is 0.0347. The van der Waals surface area contributed by atoms with Crippen LogP contribution in [0, 0.1) is 26.7 Å². The van der Waals surface area contributed by atoms with E-state index >= 15 is 0 Å². The van der Waals surface area contributed by atoms with E-state index in [0.717, 1.165) is 42.7 Å². The molecule has 1 aromatic carbocycles. The van der Waals surface area contributed by atoms with Crippen molar-refractivity contribution in [2.75, 3.05) is 18.4 Å². The number of nitrogens with zero attached hydrogens (tertiary/aromatic N) is 1. The predicted octanol–water partition coefficient (Wildman–Crippen LogP) is 3.67. The van der Waals surface area contributed by atoms with Gasteiger partial charge >= 0.3 is 0 Å². The van der Waals surface area contributed by atoms with Gasteiger partial charge in [-0.1, -0.05) is 31.5 Å². The molecular formula is C18H28N2O. The van der Waals surface area contributed by atoms with E-state index in [0.29, 0.717) is 5.92 Å². The number of amides is 1. The molecule has 1 N–H and O–H groups in total. The quantitative estimate of drug-likeness (QED) is 0.917. The van der Waals surface area contributed by atoms with Crippen molar-refractivity contribution >= 4 is 11.6 Å². The molecule has 0 radical (unpaired) electrons. The first-order valence-corrected chi connectivity index (χ1v) is 8.01. The molecule has 0 spiro atoms. The minimum absolute atomic E-state index is 0.0347. The smallest absolute Gasteiger partial charge is 0.241 e. The van der Waals surface area contributed by atoms with Crippen molar-refractivity contribution in [2.24, 2.45) is 5.92 Å². The maximum absolute atomic E-state index is 12.6. The second kappa shape index (κ2) is 6.61. The Morgan fingerprint density at radius 3 is 2.48 bits per heavy atom. The number of likely N-dealkylation sites (tertiary alicyclic amines) is 1. The summed E-state index contributed by atoms with van der Waals surface area (Å²) in [7, 11) is 0.